The van der Waals surface area contributed by atoms with E-state index in [-0.39, 0.29) is 0 Å². The summed E-state index contributed by atoms with van der Waals surface area (Å²) >= 11 is 0. The van der Waals surface area contributed by atoms with Gasteiger partial charge in [0.15, 0.2) is 17.5 Å². The second-order valence-corrected chi connectivity index (χ2v) is 25.4. The van der Waals surface area contributed by atoms with Gasteiger partial charge in [-0.1, -0.05) is 188 Å². The summed E-state index contributed by atoms with van der Waals surface area (Å²) in [6.45, 7) is 0. The second kappa shape index (κ2) is 20.6. The van der Waals surface area contributed by atoms with Gasteiger partial charge in [-0.3, -0.25) is 9.97 Å². The van der Waals surface area contributed by atoms with Crippen LogP contribution in [0.15, 0.2) is 310 Å². The van der Waals surface area contributed by atoms with Crippen LogP contribution in [0.25, 0.3) is 204 Å². The molecular formula is C88H51N9. The van der Waals surface area contributed by atoms with E-state index in [0.717, 1.165) is 170 Å². The van der Waals surface area contributed by atoms with Crippen molar-refractivity contribution >= 4 is 141 Å². The summed E-state index contributed by atoms with van der Waals surface area (Å²) in [7, 11) is 0. The molecule has 14 aromatic carbocycles. The van der Waals surface area contributed by atoms with E-state index in [0.29, 0.717) is 17.5 Å². The van der Waals surface area contributed by atoms with E-state index in [9.17, 15) is 0 Å². The monoisotopic (exact) mass is 1230 g/mol. The fraction of sp³-hybridized carbons (Fsp3) is 0. The molecule has 0 saturated carbocycles. The van der Waals surface area contributed by atoms with E-state index in [1.54, 1.807) is 0 Å². The topological polar surface area (TPSA) is 92.1 Å². The lowest BCUT2D eigenvalue weighted by Crippen LogP contribution is -2.00. The molecule has 7 aromatic heterocycles. The minimum atomic E-state index is 0.592. The molecule has 9 heteroatoms. The molecule has 448 valence electrons. The molecule has 7 heterocycles. The number of hydrogen-bond donors (Lipinski definition) is 0. The Bertz CT molecular complexity index is 6970. The Morgan fingerprint density at radius 1 is 0.216 bits per heavy atom. The first kappa shape index (κ1) is 53.3. The fourth-order valence-electron chi connectivity index (χ4n) is 15.6. The van der Waals surface area contributed by atoms with Crippen LogP contribution < -0.4 is 0 Å². The molecule has 9 nitrogen and oxygen atoms in total. The Morgan fingerprint density at radius 2 is 0.588 bits per heavy atom. The number of rotatable bonds is 7. The lowest BCUT2D eigenvalue weighted by atomic mass is 9.98. The van der Waals surface area contributed by atoms with Crippen molar-refractivity contribution in [1.82, 2.24) is 43.6 Å². The third-order valence-electron chi connectivity index (χ3n) is 20.0. The van der Waals surface area contributed by atoms with Crippen LogP contribution in [-0.2, 0) is 0 Å². The summed E-state index contributed by atoms with van der Waals surface area (Å²) in [5.74, 6) is 1.80. The maximum atomic E-state index is 5.63. The van der Waals surface area contributed by atoms with Gasteiger partial charge < -0.3 is 13.7 Å². The van der Waals surface area contributed by atoms with Gasteiger partial charge in [0.05, 0.1) is 55.3 Å². The summed E-state index contributed by atoms with van der Waals surface area (Å²) in [5.41, 5.74) is 17.7. The Balaban J connectivity index is 0.649. The zero-order valence-corrected chi connectivity index (χ0v) is 52.0. The molecule has 0 aliphatic rings. The third-order valence-corrected chi connectivity index (χ3v) is 20.0. The number of pyridine rings is 3. The van der Waals surface area contributed by atoms with Gasteiger partial charge in [-0.2, -0.15) is 0 Å². The van der Waals surface area contributed by atoms with Crippen LogP contribution in [-0.4, -0.2) is 43.6 Å². The summed E-state index contributed by atoms with van der Waals surface area (Å²) < 4.78 is 7.14. The van der Waals surface area contributed by atoms with Crippen LogP contribution in [0, 0.1) is 0 Å². The van der Waals surface area contributed by atoms with Gasteiger partial charge in [0, 0.05) is 100 Å². The van der Waals surface area contributed by atoms with E-state index in [2.05, 4.69) is 299 Å². The number of hydrogen-bond acceptors (Lipinski definition) is 6. The minimum absolute atomic E-state index is 0.592. The highest BCUT2D eigenvalue weighted by Crippen LogP contribution is 2.43. The van der Waals surface area contributed by atoms with Crippen LogP contribution in [0.1, 0.15) is 0 Å². The standard InChI is InChI=1S/C88H51N9/c1-2-13-56-46-62(26-24-52(56)12-1)86-92-87(63-27-25-58-49-65(36-28-57(58)47-63)95-74-21-6-3-17-70(74)80-77(95)41-33-53-15-10-44-89-83(53)80)94-88(93-86)64-31-39-68-61(48-64)14-9-20-69(68)73-40-32-55-35-43-79-82(85(55)91-73)72-19-5-8-23-76(72)97(79)67-38-30-59-50-66(37-29-60(59)51-67)96-75-22-7-4-18-71(75)81-78(96)42-34-54-16-11-45-90-84(54)81/h1-51H. The largest absolute Gasteiger partial charge is 0.309 e. The van der Waals surface area contributed by atoms with Crippen LogP contribution in [0.5, 0.6) is 0 Å². The van der Waals surface area contributed by atoms with Crippen molar-refractivity contribution in [1.29, 1.82) is 0 Å². The third kappa shape index (κ3) is 8.19. The Kier molecular flexibility index (Phi) is 11.3. The predicted molar refractivity (Wildman–Crippen MR) is 401 cm³/mol. The molecule has 0 fully saturated rings. The molecule has 21 rings (SSSR count). The first-order valence-corrected chi connectivity index (χ1v) is 32.8. The van der Waals surface area contributed by atoms with Crippen molar-refractivity contribution in [3.63, 3.8) is 0 Å². The number of aromatic nitrogens is 9. The highest BCUT2D eigenvalue weighted by molar-refractivity contribution is 6.23. The van der Waals surface area contributed by atoms with Gasteiger partial charge in [-0.25, -0.2) is 19.9 Å². The predicted octanol–water partition coefficient (Wildman–Crippen LogP) is 22.1. The first-order chi connectivity index (χ1) is 48.0. The number of fused-ring (bicyclic) bond motifs is 19. The van der Waals surface area contributed by atoms with Gasteiger partial charge in [-0.05, 0) is 152 Å². The van der Waals surface area contributed by atoms with E-state index in [4.69, 9.17) is 29.9 Å². The summed E-state index contributed by atoms with van der Waals surface area (Å²) in [6.07, 6.45) is 3.78. The van der Waals surface area contributed by atoms with Crippen LogP contribution in [0.3, 0.4) is 0 Å². The molecule has 0 unspecified atom stereocenters. The van der Waals surface area contributed by atoms with E-state index in [1.807, 2.05) is 24.5 Å². The van der Waals surface area contributed by atoms with Crippen molar-refractivity contribution in [2.75, 3.05) is 0 Å². The Hall–Kier alpha value is -13.2. The van der Waals surface area contributed by atoms with Crippen molar-refractivity contribution in [2.45, 2.75) is 0 Å². The summed E-state index contributed by atoms with van der Waals surface area (Å²) in [5, 5.41) is 19.2. The zero-order chi connectivity index (χ0) is 63.4. The van der Waals surface area contributed by atoms with E-state index < -0.39 is 0 Å². The van der Waals surface area contributed by atoms with E-state index >= 15 is 0 Å². The molecule has 0 saturated heterocycles. The fourth-order valence-corrected chi connectivity index (χ4v) is 15.6. The van der Waals surface area contributed by atoms with Crippen molar-refractivity contribution in [3.8, 4) is 62.5 Å². The molecule has 97 heavy (non-hydrogen) atoms. The van der Waals surface area contributed by atoms with Crippen molar-refractivity contribution < 1.29 is 0 Å². The number of benzene rings is 14. The highest BCUT2D eigenvalue weighted by atomic mass is 15.0. The maximum absolute atomic E-state index is 5.63. The molecule has 0 bridgehead atoms. The second-order valence-electron chi connectivity index (χ2n) is 25.4. The maximum Gasteiger partial charge on any atom is 0.164 e. The average molecular weight is 1230 g/mol. The molecule has 0 radical (unpaired) electrons. The Morgan fingerprint density at radius 3 is 1.11 bits per heavy atom. The SMILES string of the molecule is c1ccc2cc(-c3nc(-c4ccc5cc(-n6c7ccccc7c7c8ncccc8ccc76)ccc5c4)nc(-c4ccc5c(-c6ccc7ccc8c(c9ccccc9n8-c8ccc9cc(-n%10c%11ccccc%11c%11c%12ncccc%12ccc%11%10)ccc9c8)c7n6)cccc5c4)n3)ccc2c1. The summed E-state index contributed by atoms with van der Waals surface area (Å²) in [4.78, 5) is 31.2. The molecule has 0 aliphatic carbocycles. The molecular weight excluding hydrogens is 1180 g/mol. The van der Waals surface area contributed by atoms with E-state index in [1.165, 1.54) is 16.2 Å². The molecule has 0 amide bonds. The summed E-state index contributed by atoms with van der Waals surface area (Å²) in [6, 6.07) is 107. The van der Waals surface area contributed by atoms with Crippen LogP contribution in [0.2, 0.25) is 0 Å². The van der Waals surface area contributed by atoms with Gasteiger partial charge in [0.1, 0.15) is 0 Å². The Labute approximate surface area is 553 Å². The van der Waals surface area contributed by atoms with Crippen LogP contribution in [0.4, 0.5) is 0 Å². The van der Waals surface area contributed by atoms with Crippen molar-refractivity contribution in [2.24, 2.45) is 0 Å². The van der Waals surface area contributed by atoms with Gasteiger partial charge in [0.25, 0.3) is 0 Å². The molecule has 0 spiro atoms. The average Bonchev–Trinajstić information content (AvgIpc) is 1.60. The molecule has 0 N–H and O–H groups in total. The van der Waals surface area contributed by atoms with Gasteiger partial charge in [0.2, 0.25) is 0 Å². The quantitative estimate of drug-likeness (QED) is 0.158. The van der Waals surface area contributed by atoms with Crippen molar-refractivity contribution in [3.05, 3.63) is 310 Å². The normalized spacial score (nSPS) is 12.1. The minimum Gasteiger partial charge on any atom is -0.309 e. The lowest BCUT2D eigenvalue weighted by Gasteiger charge is -2.13. The first-order valence-electron chi connectivity index (χ1n) is 32.8. The lowest BCUT2D eigenvalue weighted by molar-refractivity contribution is 1.08. The number of nitrogens with zero attached hydrogens (tertiary/aromatic N) is 9. The zero-order valence-electron chi connectivity index (χ0n) is 52.0. The number of para-hydroxylation sites is 3. The van der Waals surface area contributed by atoms with Gasteiger partial charge >= 0.3 is 0 Å². The molecule has 21 aromatic rings. The smallest absolute Gasteiger partial charge is 0.164 e. The highest BCUT2D eigenvalue weighted by Gasteiger charge is 2.22. The molecule has 0 atom stereocenters. The van der Waals surface area contributed by atoms with Crippen LogP contribution >= 0.6 is 0 Å². The molecule has 0 aliphatic heterocycles. The van der Waals surface area contributed by atoms with Gasteiger partial charge in [-0.15, -0.1) is 0 Å².